The molecule has 0 fully saturated rings. The summed E-state index contributed by atoms with van der Waals surface area (Å²) in [6, 6.07) is 55.5. The minimum Gasteiger partial charge on any atom is -0.309 e. The molecular weight excluding hydrogens is 611 g/mol. The third kappa shape index (κ3) is 4.31. The molecule has 5 nitrogen and oxygen atoms in total. The van der Waals surface area contributed by atoms with Gasteiger partial charge in [0.25, 0.3) is 0 Å². The minimum absolute atomic E-state index is 0.573. The highest BCUT2D eigenvalue weighted by Crippen LogP contribution is 2.41. The van der Waals surface area contributed by atoms with E-state index in [1.807, 2.05) is 78.9 Å². The van der Waals surface area contributed by atoms with Crippen molar-refractivity contribution in [1.82, 2.24) is 9.13 Å². The van der Waals surface area contributed by atoms with Crippen LogP contribution in [-0.2, 0) is 0 Å². The lowest BCUT2D eigenvalue weighted by atomic mass is 9.96. The molecule has 2 aromatic heterocycles. The average Bonchev–Trinajstić information content (AvgIpc) is 3.70. The molecule has 0 spiro atoms. The van der Waals surface area contributed by atoms with Crippen LogP contribution in [0.4, 0.5) is 5.69 Å². The van der Waals surface area contributed by atoms with Gasteiger partial charge in [0.05, 0.1) is 57.6 Å². The summed E-state index contributed by atoms with van der Waals surface area (Å²) in [5, 5.41) is 23.6. The van der Waals surface area contributed by atoms with Gasteiger partial charge in [-0.1, -0.05) is 91.0 Å². The summed E-state index contributed by atoms with van der Waals surface area (Å²) in [5.41, 5.74) is 11.7. The maximum atomic E-state index is 9.87. The second kappa shape index (κ2) is 11.4. The van der Waals surface area contributed by atoms with Crippen LogP contribution in [0.3, 0.4) is 0 Å². The Labute approximate surface area is 288 Å². The van der Waals surface area contributed by atoms with Crippen LogP contribution in [0.25, 0.3) is 82.1 Å². The van der Waals surface area contributed by atoms with Crippen LogP contribution in [0.15, 0.2) is 152 Å². The van der Waals surface area contributed by atoms with E-state index in [9.17, 15) is 10.5 Å². The van der Waals surface area contributed by atoms with Crippen molar-refractivity contribution in [2.24, 2.45) is 0 Å². The van der Waals surface area contributed by atoms with Crippen molar-refractivity contribution < 1.29 is 0 Å². The van der Waals surface area contributed by atoms with Gasteiger partial charge >= 0.3 is 0 Å². The minimum atomic E-state index is 0.573. The molecule has 9 aromatic rings. The third-order valence-electron chi connectivity index (χ3n) is 9.63. The van der Waals surface area contributed by atoms with Gasteiger partial charge in [0, 0.05) is 27.2 Å². The Kier molecular flexibility index (Phi) is 6.56. The van der Waals surface area contributed by atoms with E-state index in [2.05, 4.69) is 98.9 Å². The first-order chi connectivity index (χ1) is 24.7. The van der Waals surface area contributed by atoms with Crippen molar-refractivity contribution in [2.75, 3.05) is 0 Å². The molecule has 0 aliphatic carbocycles. The summed E-state index contributed by atoms with van der Waals surface area (Å²) in [6.07, 6.45) is 0. The molecule has 9 rings (SSSR count). The fraction of sp³-hybridized carbons (Fsp3) is 0. The van der Waals surface area contributed by atoms with E-state index in [1.165, 1.54) is 0 Å². The zero-order chi connectivity index (χ0) is 33.8. The van der Waals surface area contributed by atoms with Crippen molar-refractivity contribution in [3.63, 3.8) is 0 Å². The van der Waals surface area contributed by atoms with Gasteiger partial charge in [0.2, 0.25) is 0 Å². The van der Waals surface area contributed by atoms with Gasteiger partial charge in [-0.15, -0.1) is 0 Å². The van der Waals surface area contributed by atoms with Crippen molar-refractivity contribution in [3.8, 4) is 45.8 Å². The summed E-state index contributed by atoms with van der Waals surface area (Å²) in [4.78, 5) is 3.95. The summed E-state index contributed by atoms with van der Waals surface area (Å²) in [7, 11) is 0. The number of fused-ring (bicyclic) bond motifs is 6. The summed E-state index contributed by atoms with van der Waals surface area (Å²) >= 11 is 0. The highest BCUT2D eigenvalue weighted by Gasteiger charge is 2.19. The molecule has 0 amide bonds. The van der Waals surface area contributed by atoms with Crippen LogP contribution in [0.5, 0.6) is 0 Å². The Morgan fingerprint density at radius 2 is 1.18 bits per heavy atom. The molecule has 0 unspecified atom stereocenters. The van der Waals surface area contributed by atoms with Crippen LogP contribution in [0.2, 0.25) is 0 Å². The Morgan fingerprint density at radius 1 is 0.500 bits per heavy atom. The molecule has 0 aliphatic heterocycles. The number of nitrogens with zero attached hydrogens (tertiary/aromatic N) is 5. The molecule has 230 valence electrons. The fourth-order valence-electron chi connectivity index (χ4n) is 7.42. The monoisotopic (exact) mass is 635 g/mol. The quantitative estimate of drug-likeness (QED) is 0.181. The number of hydrogen-bond donors (Lipinski definition) is 0. The highest BCUT2D eigenvalue weighted by molar-refractivity contribution is 6.12. The normalized spacial score (nSPS) is 11.1. The summed E-state index contributed by atoms with van der Waals surface area (Å²) < 4.78 is 4.45. The van der Waals surface area contributed by atoms with Gasteiger partial charge < -0.3 is 9.13 Å². The number of nitriles is 2. The van der Waals surface area contributed by atoms with E-state index in [4.69, 9.17) is 6.57 Å². The molecule has 0 radical (unpaired) electrons. The number of rotatable bonds is 4. The molecular formula is C45H25N5. The van der Waals surface area contributed by atoms with Crippen LogP contribution < -0.4 is 0 Å². The average molecular weight is 636 g/mol. The zero-order valence-electron chi connectivity index (χ0n) is 26.7. The lowest BCUT2D eigenvalue weighted by Gasteiger charge is -2.16. The SMILES string of the molecule is [C-]#[N+]c1ccc(-c2ccc(-n3c4ccccc4c4c(C#N)cccc43)cc2)cc1-c1ccccc1-n1c2ccccc2c2cc(C#N)ccc21. The molecule has 7 aromatic carbocycles. The molecule has 50 heavy (non-hydrogen) atoms. The van der Waals surface area contributed by atoms with E-state index >= 15 is 0 Å². The van der Waals surface area contributed by atoms with E-state index in [0.29, 0.717) is 16.8 Å². The molecule has 0 saturated carbocycles. The van der Waals surface area contributed by atoms with Crippen molar-refractivity contribution in [1.29, 1.82) is 10.5 Å². The molecule has 0 saturated heterocycles. The van der Waals surface area contributed by atoms with Gasteiger partial charge in [-0.05, 0) is 82.9 Å². The first kappa shape index (κ1) is 28.8. The number of aromatic nitrogens is 2. The van der Waals surface area contributed by atoms with E-state index in [-0.39, 0.29) is 0 Å². The van der Waals surface area contributed by atoms with Gasteiger partial charge in [-0.3, -0.25) is 0 Å². The van der Waals surface area contributed by atoms with Crippen molar-refractivity contribution in [3.05, 3.63) is 174 Å². The number of hydrogen-bond acceptors (Lipinski definition) is 2. The Balaban J connectivity index is 1.19. The fourth-order valence-corrected chi connectivity index (χ4v) is 7.42. The number of benzene rings is 7. The van der Waals surface area contributed by atoms with Gasteiger partial charge in [-0.2, -0.15) is 10.5 Å². The van der Waals surface area contributed by atoms with Crippen LogP contribution in [-0.4, -0.2) is 9.13 Å². The molecule has 0 bridgehead atoms. The third-order valence-corrected chi connectivity index (χ3v) is 9.63. The van der Waals surface area contributed by atoms with Crippen molar-refractivity contribution >= 4 is 49.3 Å². The molecule has 5 heteroatoms. The topological polar surface area (TPSA) is 61.8 Å². The number of para-hydroxylation sites is 3. The standard InChI is InChI=1S/C45H25N5/c1-48-39-23-20-31(30-18-21-33(22-19-30)49-42-15-7-4-12-36(42)45-32(28-47)9-8-16-44(45)49)26-37(39)34-10-2-5-13-40(34)50-41-14-6-3-11-35(41)38-25-29(27-46)17-24-43(38)50/h2-26H. The second-order valence-electron chi connectivity index (χ2n) is 12.3. The molecule has 0 aliphatic rings. The maximum Gasteiger partial charge on any atom is 0.195 e. The molecule has 0 N–H and O–H groups in total. The second-order valence-corrected chi connectivity index (χ2v) is 12.3. The smallest absolute Gasteiger partial charge is 0.195 e. The lowest BCUT2D eigenvalue weighted by Crippen LogP contribution is -1.97. The summed E-state index contributed by atoms with van der Waals surface area (Å²) in [6.45, 7) is 8.09. The molecule has 0 atom stereocenters. The predicted molar refractivity (Wildman–Crippen MR) is 202 cm³/mol. The first-order valence-electron chi connectivity index (χ1n) is 16.3. The Bertz CT molecular complexity index is 2960. The van der Waals surface area contributed by atoms with Crippen LogP contribution >= 0.6 is 0 Å². The van der Waals surface area contributed by atoms with Gasteiger partial charge in [0.1, 0.15) is 0 Å². The van der Waals surface area contributed by atoms with Crippen LogP contribution in [0, 0.1) is 29.2 Å². The lowest BCUT2D eigenvalue weighted by molar-refractivity contribution is 1.18. The van der Waals surface area contributed by atoms with Crippen molar-refractivity contribution in [2.45, 2.75) is 0 Å². The summed E-state index contributed by atoms with van der Waals surface area (Å²) in [5.74, 6) is 0. The van der Waals surface area contributed by atoms with Gasteiger partial charge in [-0.25, -0.2) is 4.85 Å². The first-order valence-corrected chi connectivity index (χ1v) is 16.3. The van der Waals surface area contributed by atoms with Gasteiger partial charge in [0.15, 0.2) is 5.69 Å². The van der Waals surface area contributed by atoms with E-state index in [1.54, 1.807) is 0 Å². The molecule has 2 heterocycles. The zero-order valence-corrected chi connectivity index (χ0v) is 26.7. The van der Waals surface area contributed by atoms with Crippen LogP contribution in [0.1, 0.15) is 11.1 Å². The Morgan fingerprint density at radius 3 is 1.96 bits per heavy atom. The maximum absolute atomic E-state index is 9.87. The predicted octanol–water partition coefficient (Wildman–Crippen LogP) is 11.5. The van der Waals surface area contributed by atoms with E-state index in [0.717, 1.165) is 77.2 Å². The van der Waals surface area contributed by atoms with E-state index < -0.39 is 0 Å². The largest absolute Gasteiger partial charge is 0.309 e. The highest BCUT2D eigenvalue weighted by atomic mass is 15.0. The Hall–Kier alpha value is -7.39.